The Labute approximate surface area is 117 Å². The van der Waals surface area contributed by atoms with Gasteiger partial charge in [-0.1, -0.05) is 0 Å². The highest BCUT2D eigenvalue weighted by atomic mass is 16.7. The molecule has 1 saturated heterocycles. The lowest BCUT2D eigenvalue weighted by molar-refractivity contribution is -0.121. The van der Waals surface area contributed by atoms with Crippen LogP contribution in [0.1, 0.15) is 17.5 Å². The molecule has 0 aliphatic carbocycles. The van der Waals surface area contributed by atoms with E-state index in [1.165, 1.54) is 0 Å². The van der Waals surface area contributed by atoms with Gasteiger partial charge in [0.1, 0.15) is 5.75 Å². The van der Waals surface area contributed by atoms with E-state index in [-0.39, 0.29) is 12.7 Å². The Morgan fingerprint density at radius 1 is 1.40 bits per heavy atom. The SMILES string of the molecule is Nc1cc2c(c(CN3CCCNC(=O)C3)c1)OCOC2. The van der Waals surface area contributed by atoms with Crippen molar-refractivity contribution in [2.45, 2.75) is 19.6 Å². The molecule has 0 unspecified atom stereocenters. The van der Waals surface area contributed by atoms with Crippen LogP contribution in [0.5, 0.6) is 5.75 Å². The number of rotatable bonds is 2. The van der Waals surface area contributed by atoms with Crippen LogP contribution in [0.4, 0.5) is 5.69 Å². The minimum absolute atomic E-state index is 0.0736. The van der Waals surface area contributed by atoms with Crippen LogP contribution >= 0.6 is 0 Å². The molecule has 3 rings (SSSR count). The summed E-state index contributed by atoms with van der Waals surface area (Å²) in [7, 11) is 0. The molecule has 20 heavy (non-hydrogen) atoms. The second-order valence-corrected chi connectivity index (χ2v) is 5.19. The van der Waals surface area contributed by atoms with Gasteiger partial charge in [-0.05, 0) is 18.6 Å². The Morgan fingerprint density at radius 3 is 3.20 bits per heavy atom. The van der Waals surface area contributed by atoms with Gasteiger partial charge in [-0.25, -0.2) is 0 Å². The Bertz CT molecular complexity index is 519. The molecular weight excluding hydrogens is 258 g/mol. The molecule has 6 nitrogen and oxygen atoms in total. The molecule has 0 saturated carbocycles. The van der Waals surface area contributed by atoms with E-state index in [4.69, 9.17) is 15.2 Å². The van der Waals surface area contributed by atoms with Crippen LogP contribution in [-0.4, -0.2) is 37.2 Å². The van der Waals surface area contributed by atoms with E-state index in [9.17, 15) is 4.79 Å². The van der Waals surface area contributed by atoms with Crippen molar-refractivity contribution in [3.05, 3.63) is 23.3 Å². The highest BCUT2D eigenvalue weighted by Gasteiger charge is 2.20. The molecule has 3 N–H and O–H groups in total. The van der Waals surface area contributed by atoms with Crippen LogP contribution < -0.4 is 15.8 Å². The Kier molecular flexibility index (Phi) is 3.75. The summed E-state index contributed by atoms with van der Waals surface area (Å²) in [6, 6.07) is 3.81. The minimum Gasteiger partial charge on any atom is -0.467 e. The van der Waals surface area contributed by atoms with Gasteiger partial charge in [0.15, 0.2) is 6.79 Å². The average molecular weight is 277 g/mol. The van der Waals surface area contributed by atoms with Gasteiger partial charge in [-0.3, -0.25) is 9.69 Å². The minimum atomic E-state index is 0.0736. The Hall–Kier alpha value is -1.79. The second kappa shape index (κ2) is 5.68. The van der Waals surface area contributed by atoms with Crippen LogP contribution in [0.3, 0.4) is 0 Å². The number of fused-ring (bicyclic) bond motifs is 1. The molecule has 0 atom stereocenters. The molecule has 0 bridgehead atoms. The molecule has 1 amide bonds. The lowest BCUT2D eigenvalue weighted by Gasteiger charge is -2.25. The zero-order valence-electron chi connectivity index (χ0n) is 11.4. The summed E-state index contributed by atoms with van der Waals surface area (Å²) < 4.78 is 10.9. The van der Waals surface area contributed by atoms with Crippen molar-refractivity contribution in [3.63, 3.8) is 0 Å². The van der Waals surface area contributed by atoms with Gasteiger partial charge >= 0.3 is 0 Å². The van der Waals surface area contributed by atoms with E-state index in [1.54, 1.807) is 0 Å². The summed E-state index contributed by atoms with van der Waals surface area (Å²) in [5.74, 6) is 0.930. The van der Waals surface area contributed by atoms with Crippen molar-refractivity contribution in [1.82, 2.24) is 10.2 Å². The van der Waals surface area contributed by atoms with Crippen LogP contribution in [0, 0.1) is 0 Å². The molecular formula is C14H19N3O3. The number of anilines is 1. The van der Waals surface area contributed by atoms with Gasteiger partial charge in [-0.15, -0.1) is 0 Å². The number of nitrogens with one attached hydrogen (secondary N) is 1. The number of hydrogen-bond acceptors (Lipinski definition) is 5. The van der Waals surface area contributed by atoms with Crippen LogP contribution in [0.25, 0.3) is 0 Å². The van der Waals surface area contributed by atoms with E-state index in [0.717, 1.165) is 36.4 Å². The zero-order chi connectivity index (χ0) is 13.9. The van der Waals surface area contributed by atoms with Crippen molar-refractivity contribution in [3.8, 4) is 5.75 Å². The number of nitrogen functional groups attached to an aromatic ring is 1. The molecule has 1 aromatic carbocycles. The molecule has 108 valence electrons. The molecule has 2 aliphatic heterocycles. The fraction of sp³-hybridized carbons (Fsp3) is 0.500. The number of amides is 1. The number of nitrogens with two attached hydrogens (primary N) is 1. The van der Waals surface area contributed by atoms with E-state index >= 15 is 0 Å². The van der Waals surface area contributed by atoms with Crippen molar-refractivity contribution >= 4 is 11.6 Å². The van der Waals surface area contributed by atoms with Gasteiger partial charge in [-0.2, -0.15) is 0 Å². The first kappa shape index (κ1) is 13.2. The quantitative estimate of drug-likeness (QED) is 0.768. The third-order valence-electron chi connectivity index (χ3n) is 3.54. The maximum atomic E-state index is 11.6. The fourth-order valence-corrected chi connectivity index (χ4v) is 2.69. The molecule has 0 radical (unpaired) electrons. The van der Waals surface area contributed by atoms with Gasteiger partial charge in [0.2, 0.25) is 5.91 Å². The summed E-state index contributed by atoms with van der Waals surface area (Å²) in [5.41, 5.74) is 8.64. The zero-order valence-corrected chi connectivity index (χ0v) is 11.4. The highest BCUT2D eigenvalue weighted by molar-refractivity contribution is 5.78. The number of nitrogens with zero attached hydrogens (tertiary/aromatic N) is 1. The van der Waals surface area contributed by atoms with Gasteiger partial charge in [0.05, 0.1) is 13.2 Å². The van der Waals surface area contributed by atoms with Crippen LogP contribution in [-0.2, 0) is 22.7 Å². The number of ether oxygens (including phenoxy) is 2. The fourth-order valence-electron chi connectivity index (χ4n) is 2.69. The predicted octanol–water partition coefficient (Wildman–Crippen LogP) is 0.457. The van der Waals surface area contributed by atoms with Gasteiger partial charge in [0, 0.05) is 36.4 Å². The van der Waals surface area contributed by atoms with Crippen LogP contribution in [0.15, 0.2) is 12.1 Å². The molecule has 0 aromatic heterocycles. The van der Waals surface area contributed by atoms with E-state index in [1.807, 2.05) is 12.1 Å². The van der Waals surface area contributed by atoms with Crippen molar-refractivity contribution in [2.75, 3.05) is 32.2 Å². The molecule has 2 aliphatic rings. The topological polar surface area (TPSA) is 76.8 Å². The number of hydrogen-bond donors (Lipinski definition) is 2. The standard InChI is InChI=1S/C14H19N3O3/c15-12-4-10(14-11(5-12)8-19-9-20-14)6-17-3-1-2-16-13(18)7-17/h4-5H,1-3,6-9,15H2,(H,16,18). The summed E-state index contributed by atoms with van der Waals surface area (Å²) >= 11 is 0. The summed E-state index contributed by atoms with van der Waals surface area (Å²) in [5, 5.41) is 2.88. The maximum Gasteiger partial charge on any atom is 0.234 e. The maximum absolute atomic E-state index is 11.6. The number of benzene rings is 1. The third kappa shape index (κ3) is 2.86. The average Bonchev–Trinajstić information content (AvgIpc) is 2.63. The van der Waals surface area contributed by atoms with E-state index in [2.05, 4.69) is 10.2 Å². The van der Waals surface area contributed by atoms with E-state index < -0.39 is 0 Å². The lowest BCUT2D eigenvalue weighted by Crippen LogP contribution is -2.33. The first-order chi connectivity index (χ1) is 9.72. The lowest BCUT2D eigenvalue weighted by atomic mass is 10.1. The second-order valence-electron chi connectivity index (χ2n) is 5.19. The molecule has 6 heteroatoms. The Balaban J connectivity index is 1.82. The third-order valence-corrected chi connectivity index (χ3v) is 3.54. The molecule has 2 heterocycles. The molecule has 1 aromatic rings. The largest absolute Gasteiger partial charge is 0.467 e. The van der Waals surface area contributed by atoms with Crippen molar-refractivity contribution < 1.29 is 14.3 Å². The number of carbonyl (C=O) groups excluding carboxylic acids is 1. The summed E-state index contributed by atoms with van der Waals surface area (Å²) in [6.07, 6.45) is 0.959. The monoisotopic (exact) mass is 277 g/mol. The summed E-state index contributed by atoms with van der Waals surface area (Å²) in [4.78, 5) is 13.7. The van der Waals surface area contributed by atoms with E-state index in [0.29, 0.717) is 25.4 Å². The molecule has 1 fully saturated rings. The van der Waals surface area contributed by atoms with Gasteiger partial charge < -0.3 is 20.5 Å². The van der Waals surface area contributed by atoms with Crippen LogP contribution in [0.2, 0.25) is 0 Å². The molecule has 0 spiro atoms. The Morgan fingerprint density at radius 2 is 2.30 bits per heavy atom. The smallest absolute Gasteiger partial charge is 0.234 e. The first-order valence-corrected chi connectivity index (χ1v) is 6.83. The van der Waals surface area contributed by atoms with Crippen molar-refractivity contribution in [2.24, 2.45) is 0 Å². The summed E-state index contributed by atoms with van der Waals surface area (Å²) in [6.45, 7) is 3.51. The first-order valence-electron chi connectivity index (χ1n) is 6.83. The predicted molar refractivity (Wildman–Crippen MR) is 74.0 cm³/mol. The number of carbonyl (C=O) groups is 1. The normalized spacial score (nSPS) is 19.7. The van der Waals surface area contributed by atoms with Crippen molar-refractivity contribution in [1.29, 1.82) is 0 Å². The highest BCUT2D eigenvalue weighted by Crippen LogP contribution is 2.31. The van der Waals surface area contributed by atoms with Gasteiger partial charge in [0.25, 0.3) is 0 Å².